The lowest BCUT2D eigenvalue weighted by Crippen LogP contribution is -1.97. The molecule has 70 heavy (non-hydrogen) atoms. The van der Waals surface area contributed by atoms with Crippen LogP contribution in [0.25, 0.3) is 143 Å². The summed E-state index contributed by atoms with van der Waals surface area (Å²) in [7, 11) is 0. The van der Waals surface area contributed by atoms with E-state index in [2.05, 4.69) is 133 Å². The van der Waals surface area contributed by atoms with Crippen molar-refractivity contribution in [2.75, 3.05) is 0 Å². The Kier molecular flexibility index (Phi) is 8.21. The number of rotatable bonds is 4. The lowest BCUT2D eigenvalue weighted by molar-refractivity contribution is 1.42. The van der Waals surface area contributed by atoms with Gasteiger partial charge in [-0.15, -0.1) is 0 Å². The molecule has 4 heteroatoms. The number of hydrogen-bond acceptors (Lipinski definition) is 4. The molecule has 2 aliphatic rings. The van der Waals surface area contributed by atoms with Gasteiger partial charge >= 0.3 is 0 Å². The van der Waals surface area contributed by atoms with Gasteiger partial charge in [-0.25, -0.2) is 0 Å². The molecule has 0 heterocycles. The van der Waals surface area contributed by atoms with Gasteiger partial charge in [-0.1, -0.05) is 158 Å². The molecule has 12 aromatic rings. The van der Waals surface area contributed by atoms with Crippen LogP contribution in [0.5, 0.6) is 0 Å². The lowest BCUT2D eigenvalue weighted by Gasteiger charge is -2.20. The zero-order valence-corrected chi connectivity index (χ0v) is 37.3. The van der Waals surface area contributed by atoms with Crippen LogP contribution < -0.4 is 0 Å². The molecule has 4 nitrogen and oxygen atoms in total. The van der Waals surface area contributed by atoms with Gasteiger partial charge in [0.25, 0.3) is 0 Å². The minimum absolute atomic E-state index is 0.320. The van der Waals surface area contributed by atoms with E-state index in [1.807, 2.05) is 84.9 Å². The molecule has 0 radical (unpaired) electrons. The fourth-order valence-electron chi connectivity index (χ4n) is 11.9. The summed E-state index contributed by atoms with van der Waals surface area (Å²) in [6, 6.07) is 76.9. The van der Waals surface area contributed by atoms with Gasteiger partial charge in [0.15, 0.2) is 0 Å². The van der Waals surface area contributed by atoms with E-state index in [1.165, 1.54) is 10.8 Å². The first-order valence-corrected chi connectivity index (χ1v) is 23.2. The summed E-state index contributed by atoms with van der Waals surface area (Å²) in [6.45, 7) is 0. The monoisotopic (exact) mass is 880 g/mol. The van der Waals surface area contributed by atoms with Crippen molar-refractivity contribution in [3.05, 3.63) is 216 Å². The first-order valence-electron chi connectivity index (χ1n) is 23.2. The molecule has 0 spiro atoms. The van der Waals surface area contributed by atoms with Gasteiger partial charge in [0.1, 0.15) is 24.3 Å². The van der Waals surface area contributed by atoms with E-state index in [-0.39, 0.29) is 0 Å². The van der Waals surface area contributed by atoms with Gasteiger partial charge in [-0.2, -0.15) is 21.0 Å². The molecule has 14 rings (SSSR count). The molecule has 2 aliphatic carbocycles. The Balaban J connectivity index is 1.16. The Labute approximate surface area is 402 Å². The van der Waals surface area contributed by atoms with Gasteiger partial charge in [0.2, 0.25) is 0 Å². The van der Waals surface area contributed by atoms with Crippen LogP contribution in [0.4, 0.5) is 0 Å². The standard InChI is InChI=1S/C66H32N4/c67-33-61-41(37-11-3-1-4-12-37)23-25-43(63(61)35-69)49-27-57-58(59-31-53-47-21-9-17-39-15-7-19-45(65(39)47)51(53)29-55(49)59)28-50(44-26-24-42(38-13-5-2-6-14-38)62(34-68)64(44)36-70)56-30-52-46-20-8-16-40-18-10-22-48(66(40)46)54(52)32-60(56)57/h1-32H. The lowest BCUT2D eigenvalue weighted by atomic mass is 9.82. The molecule has 0 amide bonds. The maximum absolute atomic E-state index is 11.2. The molecule has 316 valence electrons. The number of nitrogens with zero attached hydrogens (tertiary/aromatic N) is 4. The summed E-state index contributed by atoms with van der Waals surface area (Å²) in [5.74, 6) is 0. The van der Waals surface area contributed by atoms with Crippen LogP contribution in [0.2, 0.25) is 0 Å². The summed E-state index contributed by atoms with van der Waals surface area (Å²) >= 11 is 0. The van der Waals surface area contributed by atoms with Crippen LogP contribution in [0, 0.1) is 45.3 Å². The van der Waals surface area contributed by atoms with Crippen LogP contribution in [0.1, 0.15) is 22.3 Å². The highest BCUT2D eigenvalue weighted by Crippen LogP contribution is 2.55. The Hall–Kier alpha value is -10.1. The highest BCUT2D eigenvalue weighted by atomic mass is 14.3. The van der Waals surface area contributed by atoms with Crippen molar-refractivity contribution in [2.45, 2.75) is 0 Å². The minimum Gasteiger partial charge on any atom is -0.192 e. The van der Waals surface area contributed by atoms with Crippen molar-refractivity contribution in [1.82, 2.24) is 0 Å². The van der Waals surface area contributed by atoms with Gasteiger partial charge < -0.3 is 0 Å². The normalized spacial score (nSPS) is 11.7. The molecule has 0 saturated heterocycles. The van der Waals surface area contributed by atoms with Crippen molar-refractivity contribution >= 4 is 53.9 Å². The zero-order chi connectivity index (χ0) is 46.8. The quantitative estimate of drug-likeness (QED) is 0.165. The third kappa shape index (κ3) is 5.31. The first-order chi connectivity index (χ1) is 34.6. The van der Waals surface area contributed by atoms with E-state index in [0.717, 1.165) is 110 Å². The number of fused-ring (bicyclic) bond motifs is 11. The second-order valence-electron chi connectivity index (χ2n) is 18.2. The van der Waals surface area contributed by atoms with E-state index >= 15 is 0 Å². The highest BCUT2D eigenvalue weighted by molar-refractivity contribution is 6.29. The molecule has 0 aromatic heterocycles. The Morgan fingerprint density at radius 3 is 0.843 bits per heavy atom. The molecule has 0 aliphatic heterocycles. The minimum atomic E-state index is 0.320. The van der Waals surface area contributed by atoms with E-state index in [9.17, 15) is 21.0 Å². The van der Waals surface area contributed by atoms with Gasteiger partial charge in [-0.3, -0.25) is 0 Å². The predicted molar refractivity (Wildman–Crippen MR) is 283 cm³/mol. The number of benzene rings is 12. The Morgan fingerprint density at radius 2 is 0.500 bits per heavy atom. The largest absolute Gasteiger partial charge is 0.192 e. The molecule has 0 bridgehead atoms. The van der Waals surface area contributed by atoms with Gasteiger partial charge in [-0.05, 0) is 157 Å². The zero-order valence-electron chi connectivity index (χ0n) is 37.3. The van der Waals surface area contributed by atoms with Crippen molar-refractivity contribution in [3.63, 3.8) is 0 Å². The summed E-state index contributed by atoms with van der Waals surface area (Å²) in [5, 5.41) is 54.6. The van der Waals surface area contributed by atoms with Crippen molar-refractivity contribution < 1.29 is 0 Å². The van der Waals surface area contributed by atoms with Crippen molar-refractivity contribution in [2.24, 2.45) is 0 Å². The van der Waals surface area contributed by atoms with Crippen molar-refractivity contribution in [3.8, 4) is 113 Å². The summed E-state index contributed by atoms with van der Waals surface area (Å²) < 4.78 is 0. The Bertz CT molecular complexity index is 4250. The summed E-state index contributed by atoms with van der Waals surface area (Å²) in [4.78, 5) is 0. The van der Waals surface area contributed by atoms with Crippen LogP contribution in [-0.2, 0) is 0 Å². The second kappa shape index (κ2) is 14.7. The van der Waals surface area contributed by atoms with Gasteiger partial charge in [0.05, 0.1) is 22.3 Å². The van der Waals surface area contributed by atoms with Gasteiger partial charge in [0, 0.05) is 22.3 Å². The molecule has 0 N–H and O–H groups in total. The SMILES string of the molecule is N#Cc1c(-c2ccccc2)ccc(-c2cc3c4cc5c(cc4c(-c4ccc(-c6ccccc6)c(C#N)c4C#N)cc3c3cc4c(cc23)-c2cccc3cccc-4c23)-c2cccc3cccc-5c23)c1C#N. The average molecular weight is 881 g/mol. The molecule has 0 fully saturated rings. The third-order valence-corrected chi connectivity index (χ3v) is 14.9. The third-order valence-electron chi connectivity index (χ3n) is 14.9. The highest BCUT2D eigenvalue weighted by Gasteiger charge is 2.29. The maximum Gasteiger partial charge on any atom is 0.101 e. The molecular formula is C66H32N4. The van der Waals surface area contributed by atoms with E-state index in [4.69, 9.17) is 0 Å². The summed E-state index contributed by atoms with van der Waals surface area (Å²) in [6.07, 6.45) is 0. The second-order valence-corrected chi connectivity index (χ2v) is 18.2. The first kappa shape index (κ1) is 39.1. The van der Waals surface area contributed by atoms with Crippen LogP contribution in [0.15, 0.2) is 194 Å². The average Bonchev–Trinajstić information content (AvgIpc) is 3.91. The number of nitriles is 4. The molecule has 12 aromatic carbocycles. The van der Waals surface area contributed by atoms with Crippen LogP contribution in [-0.4, -0.2) is 0 Å². The van der Waals surface area contributed by atoms with E-state index in [0.29, 0.717) is 44.5 Å². The maximum atomic E-state index is 11.2. The molecule has 0 saturated carbocycles. The number of hydrogen-bond donors (Lipinski definition) is 0. The van der Waals surface area contributed by atoms with Crippen LogP contribution in [0.3, 0.4) is 0 Å². The molecular weight excluding hydrogens is 849 g/mol. The van der Waals surface area contributed by atoms with E-state index in [1.54, 1.807) is 0 Å². The predicted octanol–water partition coefficient (Wildman–Crippen LogP) is 16.9. The topological polar surface area (TPSA) is 95.2 Å². The van der Waals surface area contributed by atoms with Crippen LogP contribution >= 0.6 is 0 Å². The Morgan fingerprint density at radius 1 is 0.214 bits per heavy atom. The fraction of sp³-hybridized carbons (Fsp3) is 0. The van der Waals surface area contributed by atoms with E-state index < -0.39 is 0 Å². The molecule has 0 atom stereocenters. The smallest absolute Gasteiger partial charge is 0.101 e. The summed E-state index contributed by atoms with van der Waals surface area (Å²) in [5.41, 5.74) is 16.6. The van der Waals surface area contributed by atoms with Crippen molar-refractivity contribution in [1.29, 1.82) is 21.0 Å². The fourth-order valence-corrected chi connectivity index (χ4v) is 11.9. The molecule has 0 unspecified atom stereocenters.